The van der Waals surface area contributed by atoms with Crippen molar-refractivity contribution in [1.82, 2.24) is 9.80 Å². The Bertz CT molecular complexity index is 372. The summed E-state index contributed by atoms with van der Waals surface area (Å²) < 4.78 is 0. The van der Waals surface area contributed by atoms with Crippen molar-refractivity contribution in [3.8, 4) is 0 Å². The fourth-order valence-corrected chi connectivity index (χ4v) is 2.66. The third-order valence-corrected chi connectivity index (χ3v) is 3.74. The van der Waals surface area contributed by atoms with Crippen LogP contribution in [0.5, 0.6) is 0 Å². The molecule has 2 heterocycles. The molecule has 0 spiro atoms. The van der Waals surface area contributed by atoms with Gasteiger partial charge in [-0.3, -0.25) is 9.59 Å². The van der Waals surface area contributed by atoms with E-state index in [-0.39, 0.29) is 17.9 Å². The maximum atomic E-state index is 12.4. The number of piperidine rings is 1. The molecule has 1 atom stereocenters. The Morgan fingerprint density at radius 2 is 2.06 bits per heavy atom. The van der Waals surface area contributed by atoms with E-state index >= 15 is 0 Å². The minimum absolute atomic E-state index is 0.137. The zero-order valence-corrected chi connectivity index (χ0v) is 11.3. The van der Waals surface area contributed by atoms with Crippen LogP contribution in [0.15, 0.2) is 11.6 Å². The summed E-state index contributed by atoms with van der Waals surface area (Å²) in [4.78, 5) is 28.1. The van der Waals surface area contributed by atoms with Gasteiger partial charge in [-0.05, 0) is 33.1 Å². The summed E-state index contributed by atoms with van der Waals surface area (Å²) in [7, 11) is 0. The monoisotopic (exact) mass is 250 g/mol. The molecule has 0 bridgehead atoms. The molecule has 2 rings (SSSR count). The van der Waals surface area contributed by atoms with Crippen molar-refractivity contribution < 1.29 is 9.59 Å². The summed E-state index contributed by atoms with van der Waals surface area (Å²) in [6, 6.07) is -0.195. The highest BCUT2D eigenvalue weighted by atomic mass is 16.2. The molecule has 2 amide bonds. The minimum Gasteiger partial charge on any atom is -0.337 e. The second-order valence-corrected chi connectivity index (χ2v) is 5.41. The molecule has 2 aliphatic heterocycles. The first-order valence-electron chi connectivity index (χ1n) is 6.81. The first kappa shape index (κ1) is 13.1. The number of carbonyl (C=O) groups excluding carboxylic acids is 2. The fraction of sp³-hybridized carbons (Fsp3) is 0.714. The summed E-state index contributed by atoms with van der Waals surface area (Å²) in [6.45, 7) is 6.01. The molecule has 0 aromatic heterocycles. The molecule has 0 radical (unpaired) electrons. The minimum atomic E-state index is -0.195. The van der Waals surface area contributed by atoms with Gasteiger partial charge in [0.1, 0.15) is 6.04 Å². The molecule has 2 fully saturated rings. The molecule has 0 aromatic rings. The molecule has 18 heavy (non-hydrogen) atoms. The normalized spacial score (nSPS) is 24.7. The van der Waals surface area contributed by atoms with Crippen LogP contribution in [0.3, 0.4) is 0 Å². The third kappa shape index (κ3) is 2.74. The van der Waals surface area contributed by atoms with Gasteiger partial charge in [0, 0.05) is 26.1 Å². The Balaban J connectivity index is 2.13. The van der Waals surface area contributed by atoms with Gasteiger partial charge in [0.25, 0.3) is 0 Å². The summed E-state index contributed by atoms with van der Waals surface area (Å²) in [5.41, 5.74) is 1.21. The lowest BCUT2D eigenvalue weighted by molar-refractivity contribution is -0.142. The SMILES string of the molecule is CC(C)=CCN1CCC(=O)N2CCCCC2C1=O. The molecule has 0 aliphatic carbocycles. The first-order valence-corrected chi connectivity index (χ1v) is 6.81. The first-order chi connectivity index (χ1) is 8.59. The molecule has 1 unspecified atom stereocenters. The number of carbonyl (C=O) groups is 2. The van der Waals surface area contributed by atoms with Gasteiger partial charge in [-0.15, -0.1) is 0 Å². The van der Waals surface area contributed by atoms with E-state index in [1.54, 1.807) is 4.90 Å². The van der Waals surface area contributed by atoms with Crippen LogP contribution in [0.25, 0.3) is 0 Å². The van der Waals surface area contributed by atoms with Crippen LogP contribution in [0, 0.1) is 0 Å². The van der Waals surface area contributed by atoms with E-state index < -0.39 is 0 Å². The van der Waals surface area contributed by atoms with Crippen molar-refractivity contribution in [1.29, 1.82) is 0 Å². The van der Waals surface area contributed by atoms with Crippen LogP contribution >= 0.6 is 0 Å². The Hall–Kier alpha value is -1.32. The maximum absolute atomic E-state index is 12.4. The summed E-state index contributed by atoms with van der Waals surface area (Å²) >= 11 is 0. The summed E-state index contributed by atoms with van der Waals surface area (Å²) in [5, 5.41) is 0. The average Bonchev–Trinajstić information content (AvgIpc) is 2.48. The van der Waals surface area contributed by atoms with Crippen LogP contribution in [0.1, 0.15) is 39.5 Å². The number of amides is 2. The highest BCUT2D eigenvalue weighted by Crippen LogP contribution is 2.22. The Labute approximate surface area is 109 Å². The maximum Gasteiger partial charge on any atom is 0.245 e. The molecule has 100 valence electrons. The average molecular weight is 250 g/mol. The highest BCUT2D eigenvalue weighted by molar-refractivity contribution is 5.90. The number of hydrogen-bond acceptors (Lipinski definition) is 2. The molecule has 2 aliphatic rings. The van der Waals surface area contributed by atoms with Gasteiger partial charge in [0.05, 0.1) is 0 Å². The number of nitrogens with zero attached hydrogens (tertiary/aromatic N) is 2. The van der Waals surface area contributed by atoms with Gasteiger partial charge in [-0.1, -0.05) is 11.6 Å². The number of fused-ring (bicyclic) bond motifs is 1. The van der Waals surface area contributed by atoms with Crippen LogP contribution in [0.2, 0.25) is 0 Å². The van der Waals surface area contributed by atoms with Gasteiger partial charge in [0.15, 0.2) is 0 Å². The second-order valence-electron chi connectivity index (χ2n) is 5.41. The van der Waals surface area contributed by atoms with Crippen LogP contribution in [-0.4, -0.2) is 47.3 Å². The lowest BCUT2D eigenvalue weighted by Crippen LogP contribution is -2.49. The second kappa shape index (κ2) is 5.55. The van der Waals surface area contributed by atoms with Crippen LogP contribution in [0.4, 0.5) is 0 Å². The number of allylic oxidation sites excluding steroid dienone is 1. The topological polar surface area (TPSA) is 40.6 Å². The van der Waals surface area contributed by atoms with Gasteiger partial charge >= 0.3 is 0 Å². The van der Waals surface area contributed by atoms with Gasteiger partial charge < -0.3 is 9.80 Å². The highest BCUT2D eigenvalue weighted by Gasteiger charge is 2.37. The Morgan fingerprint density at radius 3 is 2.78 bits per heavy atom. The summed E-state index contributed by atoms with van der Waals surface area (Å²) in [5.74, 6) is 0.283. The zero-order valence-electron chi connectivity index (χ0n) is 11.3. The molecule has 0 aromatic carbocycles. The van der Waals surface area contributed by atoms with Crippen molar-refractivity contribution >= 4 is 11.8 Å². The Morgan fingerprint density at radius 1 is 1.28 bits per heavy atom. The van der Waals surface area contributed by atoms with Gasteiger partial charge in [-0.2, -0.15) is 0 Å². The predicted octanol–water partition coefficient (Wildman–Crippen LogP) is 1.57. The van der Waals surface area contributed by atoms with Gasteiger partial charge in [-0.25, -0.2) is 0 Å². The molecule has 0 N–H and O–H groups in total. The molecule has 4 heteroatoms. The standard InChI is InChI=1S/C14H22N2O2/c1-11(2)6-9-15-10-7-13(17)16-8-4-3-5-12(16)14(15)18/h6,12H,3-5,7-10H2,1-2H3. The molecular weight excluding hydrogens is 228 g/mol. The molecule has 0 saturated carbocycles. The van der Waals surface area contributed by atoms with Crippen molar-refractivity contribution in [3.05, 3.63) is 11.6 Å². The fourth-order valence-electron chi connectivity index (χ4n) is 2.66. The quantitative estimate of drug-likeness (QED) is 0.698. The van der Waals surface area contributed by atoms with Crippen LogP contribution in [-0.2, 0) is 9.59 Å². The number of hydrogen-bond donors (Lipinski definition) is 0. The van der Waals surface area contributed by atoms with Crippen molar-refractivity contribution in [2.75, 3.05) is 19.6 Å². The van der Waals surface area contributed by atoms with Crippen molar-refractivity contribution in [2.45, 2.75) is 45.6 Å². The zero-order chi connectivity index (χ0) is 13.1. The van der Waals surface area contributed by atoms with E-state index in [1.165, 1.54) is 5.57 Å². The smallest absolute Gasteiger partial charge is 0.245 e. The van der Waals surface area contributed by atoms with E-state index in [0.717, 1.165) is 25.8 Å². The third-order valence-electron chi connectivity index (χ3n) is 3.74. The van der Waals surface area contributed by atoms with E-state index in [2.05, 4.69) is 6.08 Å². The lowest BCUT2D eigenvalue weighted by Gasteiger charge is -2.34. The molecular formula is C14H22N2O2. The van der Waals surface area contributed by atoms with Gasteiger partial charge in [0.2, 0.25) is 11.8 Å². The lowest BCUT2D eigenvalue weighted by atomic mass is 10.0. The van der Waals surface area contributed by atoms with E-state index in [1.807, 2.05) is 18.7 Å². The van der Waals surface area contributed by atoms with Crippen molar-refractivity contribution in [3.63, 3.8) is 0 Å². The largest absolute Gasteiger partial charge is 0.337 e. The molecule has 2 saturated heterocycles. The summed E-state index contributed by atoms with van der Waals surface area (Å²) in [6.07, 6.45) is 5.44. The Kier molecular flexibility index (Phi) is 4.04. The van der Waals surface area contributed by atoms with E-state index in [9.17, 15) is 9.59 Å². The van der Waals surface area contributed by atoms with E-state index in [0.29, 0.717) is 19.5 Å². The number of rotatable bonds is 2. The predicted molar refractivity (Wildman–Crippen MR) is 70.0 cm³/mol. The van der Waals surface area contributed by atoms with Crippen molar-refractivity contribution in [2.24, 2.45) is 0 Å². The molecule has 4 nitrogen and oxygen atoms in total. The van der Waals surface area contributed by atoms with Crippen LogP contribution < -0.4 is 0 Å². The van der Waals surface area contributed by atoms with E-state index in [4.69, 9.17) is 0 Å².